The van der Waals surface area contributed by atoms with Crippen LogP contribution in [0.5, 0.6) is 0 Å². The maximum Gasteiger partial charge on any atom is 0.262 e. The van der Waals surface area contributed by atoms with Crippen LogP contribution in [0.4, 0.5) is 5.69 Å². The number of carbonyl (C=O) groups is 2. The number of thioether (sulfide) groups is 1. The summed E-state index contributed by atoms with van der Waals surface area (Å²) < 4.78 is 1.52. The Hall–Kier alpha value is -3.91. The summed E-state index contributed by atoms with van der Waals surface area (Å²) in [5, 5.41) is 11.9. The van der Waals surface area contributed by atoms with E-state index in [9.17, 15) is 19.5 Å². The Morgan fingerprint density at radius 1 is 1.00 bits per heavy atom. The standard InChI is InChI=1S/C26H23N3O4S/c1-2-28(20-11-7-4-8-12-20)23(30)17-34-26-27-22-15-19(25(32)33)13-14-21(22)24(31)29(26)16-18-9-5-3-6-10-18/h3-15H,2,16-17H2,1H3,(H,32,33)/p-1. The molecule has 0 saturated heterocycles. The molecule has 4 rings (SSSR count). The Balaban J connectivity index is 1.71. The van der Waals surface area contributed by atoms with Crippen LogP contribution in [-0.4, -0.2) is 33.7 Å². The van der Waals surface area contributed by atoms with Gasteiger partial charge in [0, 0.05) is 12.2 Å². The highest BCUT2D eigenvalue weighted by Gasteiger charge is 2.18. The van der Waals surface area contributed by atoms with Crippen molar-refractivity contribution in [2.75, 3.05) is 17.2 Å². The van der Waals surface area contributed by atoms with Crippen LogP contribution < -0.4 is 15.6 Å². The molecule has 1 aromatic heterocycles. The number of benzene rings is 3. The van der Waals surface area contributed by atoms with Gasteiger partial charge in [0.1, 0.15) is 0 Å². The van der Waals surface area contributed by atoms with Crippen molar-refractivity contribution in [2.45, 2.75) is 18.6 Å². The fraction of sp³-hybridized carbons (Fsp3) is 0.154. The van der Waals surface area contributed by atoms with E-state index in [4.69, 9.17) is 0 Å². The van der Waals surface area contributed by atoms with Gasteiger partial charge in [-0.05, 0) is 42.3 Å². The van der Waals surface area contributed by atoms with Crippen molar-refractivity contribution in [3.8, 4) is 0 Å². The molecular weight excluding hydrogens is 450 g/mol. The Morgan fingerprint density at radius 2 is 1.68 bits per heavy atom. The van der Waals surface area contributed by atoms with Gasteiger partial charge in [-0.15, -0.1) is 0 Å². The SMILES string of the molecule is CCN(C(=O)CSc1nc2cc(C(=O)[O-])ccc2c(=O)n1Cc1ccccc1)c1ccccc1. The Bertz CT molecular complexity index is 1390. The van der Waals surface area contributed by atoms with Gasteiger partial charge in [-0.3, -0.25) is 14.2 Å². The zero-order chi connectivity index (χ0) is 24.1. The molecule has 172 valence electrons. The molecule has 0 N–H and O–H groups in total. The maximum atomic E-state index is 13.3. The lowest BCUT2D eigenvalue weighted by Gasteiger charge is -2.21. The molecule has 1 amide bonds. The third kappa shape index (κ3) is 5.02. The summed E-state index contributed by atoms with van der Waals surface area (Å²) in [6.07, 6.45) is 0. The first-order chi connectivity index (χ1) is 16.5. The van der Waals surface area contributed by atoms with Gasteiger partial charge < -0.3 is 14.8 Å². The van der Waals surface area contributed by atoms with Crippen molar-refractivity contribution in [3.05, 3.63) is 100 Å². The van der Waals surface area contributed by atoms with E-state index < -0.39 is 5.97 Å². The van der Waals surface area contributed by atoms with Gasteiger partial charge in [0.2, 0.25) is 5.91 Å². The molecule has 0 unspecified atom stereocenters. The lowest BCUT2D eigenvalue weighted by molar-refractivity contribution is -0.255. The number of amides is 1. The van der Waals surface area contributed by atoms with E-state index in [2.05, 4.69) is 4.98 Å². The predicted molar refractivity (Wildman–Crippen MR) is 131 cm³/mol. The van der Waals surface area contributed by atoms with E-state index >= 15 is 0 Å². The molecule has 0 aliphatic heterocycles. The number of hydrogen-bond donors (Lipinski definition) is 0. The molecule has 3 aromatic carbocycles. The van der Waals surface area contributed by atoms with Gasteiger partial charge in [-0.2, -0.15) is 0 Å². The third-order valence-corrected chi connectivity index (χ3v) is 6.31. The molecule has 0 atom stereocenters. The Kier molecular flexibility index (Phi) is 7.08. The number of nitrogens with zero attached hydrogens (tertiary/aromatic N) is 3. The lowest BCUT2D eigenvalue weighted by Crippen LogP contribution is -2.32. The summed E-state index contributed by atoms with van der Waals surface area (Å²) in [6.45, 7) is 2.68. The van der Waals surface area contributed by atoms with Gasteiger partial charge >= 0.3 is 0 Å². The van der Waals surface area contributed by atoms with Crippen LogP contribution >= 0.6 is 11.8 Å². The van der Waals surface area contributed by atoms with Gasteiger partial charge in [0.05, 0.1) is 29.2 Å². The molecule has 0 radical (unpaired) electrons. The summed E-state index contributed by atoms with van der Waals surface area (Å²) in [5.74, 6) is -1.40. The monoisotopic (exact) mass is 472 g/mol. The highest BCUT2D eigenvalue weighted by Crippen LogP contribution is 2.22. The summed E-state index contributed by atoms with van der Waals surface area (Å²) >= 11 is 1.15. The van der Waals surface area contributed by atoms with E-state index in [1.54, 1.807) is 4.90 Å². The van der Waals surface area contributed by atoms with Crippen molar-refractivity contribution >= 4 is 40.2 Å². The maximum absolute atomic E-state index is 13.3. The number of anilines is 1. The number of hydrogen-bond acceptors (Lipinski definition) is 6. The molecule has 7 nitrogen and oxygen atoms in total. The van der Waals surface area contributed by atoms with Crippen LogP contribution in [0.2, 0.25) is 0 Å². The lowest BCUT2D eigenvalue weighted by atomic mass is 10.1. The third-order valence-electron chi connectivity index (χ3n) is 5.35. The molecular formula is C26H22N3O4S-. The minimum atomic E-state index is -1.34. The van der Waals surface area contributed by atoms with Crippen molar-refractivity contribution in [1.82, 2.24) is 9.55 Å². The highest BCUT2D eigenvalue weighted by atomic mass is 32.2. The van der Waals surface area contributed by atoms with Crippen LogP contribution in [0.25, 0.3) is 10.9 Å². The number of aromatic carboxylic acids is 1. The van der Waals surface area contributed by atoms with Gasteiger partial charge in [-0.1, -0.05) is 66.4 Å². The average molecular weight is 473 g/mol. The van der Waals surface area contributed by atoms with Crippen LogP contribution in [0.3, 0.4) is 0 Å². The molecule has 0 bridgehead atoms. The van der Waals surface area contributed by atoms with Gasteiger partial charge in [0.25, 0.3) is 5.56 Å². The smallest absolute Gasteiger partial charge is 0.262 e. The summed E-state index contributed by atoms with van der Waals surface area (Å²) in [6, 6.07) is 23.0. The molecule has 0 saturated carbocycles. The first-order valence-corrected chi connectivity index (χ1v) is 11.7. The van der Waals surface area contributed by atoms with E-state index in [-0.39, 0.29) is 34.8 Å². The average Bonchev–Trinajstić information content (AvgIpc) is 2.86. The van der Waals surface area contributed by atoms with Crippen LogP contribution in [0.15, 0.2) is 88.8 Å². The zero-order valence-corrected chi connectivity index (χ0v) is 19.3. The van der Waals surface area contributed by atoms with Crippen LogP contribution in [0.1, 0.15) is 22.8 Å². The van der Waals surface area contributed by atoms with Crippen molar-refractivity contribution < 1.29 is 14.7 Å². The Labute approximate surface area is 200 Å². The second-order valence-corrected chi connectivity index (χ2v) is 8.50. The number of carbonyl (C=O) groups excluding carboxylic acids is 2. The number of aromatic nitrogens is 2. The number of carboxylic acid groups (broad SMARTS) is 1. The molecule has 8 heteroatoms. The molecule has 0 fully saturated rings. The van der Waals surface area contributed by atoms with Crippen molar-refractivity contribution in [2.24, 2.45) is 0 Å². The van der Waals surface area contributed by atoms with E-state index in [0.717, 1.165) is 23.0 Å². The van der Waals surface area contributed by atoms with Crippen molar-refractivity contribution in [1.29, 1.82) is 0 Å². The van der Waals surface area contributed by atoms with E-state index in [0.29, 0.717) is 17.1 Å². The predicted octanol–water partition coefficient (Wildman–Crippen LogP) is 2.95. The number of para-hydroxylation sites is 1. The molecule has 0 aliphatic carbocycles. The minimum absolute atomic E-state index is 0.0616. The number of carboxylic acids is 1. The first kappa shape index (κ1) is 23.3. The molecule has 0 spiro atoms. The molecule has 34 heavy (non-hydrogen) atoms. The normalized spacial score (nSPS) is 10.9. The molecule has 1 heterocycles. The molecule has 4 aromatic rings. The topological polar surface area (TPSA) is 95.3 Å². The van der Waals surface area contributed by atoms with Crippen LogP contribution in [0, 0.1) is 0 Å². The quantitative estimate of drug-likeness (QED) is 0.289. The second kappa shape index (κ2) is 10.4. The largest absolute Gasteiger partial charge is 0.545 e. The van der Waals surface area contributed by atoms with E-state index in [1.807, 2.05) is 67.6 Å². The number of fused-ring (bicyclic) bond motifs is 1. The van der Waals surface area contributed by atoms with Crippen molar-refractivity contribution in [3.63, 3.8) is 0 Å². The first-order valence-electron chi connectivity index (χ1n) is 10.8. The fourth-order valence-corrected chi connectivity index (χ4v) is 4.53. The fourth-order valence-electron chi connectivity index (χ4n) is 3.66. The summed E-state index contributed by atoms with van der Waals surface area (Å²) in [5.41, 5.74) is 1.59. The molecule has 0 aliphatic rings. The van der Waals surface area contributed by atoms with Crippen LogP contribution in [-0.2, 0) is 11.3 Å². The Morgan fingerprint density at radius 3 is 2.32 bits per heavy atom. The summed E-state index contributed by atoms with van der Waals surface area (Å²) in [4.78, 5) is 43.9. The number of rotatable bonds is 8. The minimum Gasteiger partial charge on any atom is -0.545 e. The van der Waals surface area contributed by atoms with Gasteiger partial charge in [-0.25, -0.2) is 4.98 Å². The van der Waals surface area contributed by atoms with Gasteiger partial charge in [0.15, 0.2) is 5.16 Å². The second-order valence-electron chi connectivity index (χ2n) is 7.55. The van der Waals surface area contributed by atoms with E-state index in [1.165, 1.54) is 22.8 Å². The zero-order valence-electron chi connectivity index (χ0n) is 18.5. The highest BCUT2D eigenvalue weighted by molar-refractivity contribution is 7.99. The summed E-state index contributed by atoms with van der Waals surface area (Å²) in [7, 11) is 0.